The maximum absolute atomic E-state index is 2.41. The lowest BCUT2D eigenvalue weighted by molar-refractivity contribution is 0.278. The second-order valence-corrected chi connectivity index (χ2v) is 4.95. The molecule has 0 heterocycles. The molecule has 13 heavy (non-hydrogen) atoms. The molecule has 3 atom stereocenters. The fourth-order valence-electron chi connectivity index (χ4n) is 2.46. The molecule has 0 amide bonds. The lowest BCUT2D eigenvalue weighted by atomic mass is 9.73. The van der Waals surface area contributed by atoms with E-state index in [4.69, 9.17) is 0 Å². The Balaban J connectivity index is 2.68. The average molecular weight is 180 g/mol. The summed E-state index contributed by atoms with van der Waals surface area (Å²) in [5.74, 6) is 2.68. The third-order valence-corrected chi connectivity index (χ3v) is 4.09. The van der Waals surface area contributed by atoms with Crippen molar-refractivity contribution in [2.45, 2.75) is 53.9 Å². The minimum atomic E-state index is 0.827. The molecule has 0 aliphatic heterocycles. The van der Waals surface area contributed by atoms with E-state index in [9.17, 15) is 0 Å². The van der Waals surface area contributed by atoms with Gasteiger partial charge in [0.2, 0.25) is 0 Å². The van der Waals surface area contributed by atoms with Crippen LogP contribution in [0, 0.1) is 17.8 Å². The summed E-state index contributed by atoms with van der Waals surface area (Å²) in [5, 5.41) is 0. The molecule has 0 aromatic rings. The van der Waals surface area contributed by atoms with Gasteiger partial charge in [0.15, 0.2) is 0 Å². The van der Waals surface area contributed by atoms with E-state index in [1.165, 1.54) is 19.3 Å². The van der Waals surface area contributed by atoms with Crippen LogP contribution in [-0.4, -0.2) is 0 Å². The number of allylic oxidation sites excluding steroid dienone is 2. The van der Waals surface area contributed by atoms with Crippen molar-refractivity contribution in [3.63, 3.8) is 0 Å². The smallest absolute Gasteiger partial charge is 0.0229 e. The molecule has 0 aromatic carbocycles. The molecule has 0 aromatic heterocycles. The maximum Gasteiger partial charge on any atom is -0.0229 e. The minimum Gasteiger partial charge on any atom is -0.0738 e. The van der Waals surface area contributed by atoms with Crippen molar-refractivity contribution in [3.05, 3.63) is 11.1 Å². The zero-order valence-corrected chi connectivity index (χ0v) is 9.85. The molecule has 0 saturated heterocycles. The highest BCUT2D eigenvalue weighted by Gasteiger charge is 2.25. The summed E-state index contributed by atoms with van der Waals surface area (Å²) in [6.45, 7) is 11.7. The summed E-state index contributed by atoms with van der Waals surface area (Å²) in [5.41, 5.74) is 3.31. The van der Waals surface area contributed by atoms with Crippen LogP contribution in [0.4, 0.5) is 0 Å². The van der Waals surface area contributed by atoms with Crippen molar-refractivity contribution >= 4 is 0 Å². The van der Waals surface area contributed by atoms with Crippen LogP contribution in [0.1, 0.15) is 53.9 Å². The van der Waals surface area contributed by atoms with E-state index in [0.29, 0.717) is 0 Å². The molecule has 0 heteroatoms. The normalized spacial score (nSPS) is 32.1. The van der Waals surface area contributed by atoms with Crippen LogP contribution in [-0.2, 0) is 0 Å². The van der Waals surface area contributed by atoms with Crippen LogP contribution >= 0.6 is 0 Å². The Morgan fingerprint density at radius 2 is 2.00 bits per heavy atom. The summed E-state index contributed by atoms with van der Waals surface area (Å²) in [4.78, 5) is 0. The Bertz CT molecular complexity index is 200. The number of hydrogen-bond acceptors (Lipinski definition) is 0. The highest BCUT2D eigenvalue weighted by atomic mass is 14.3. The molecule has 76 valence electrons. The van der Waals surface area contributed by atoms with Crippen molar-refractivity contribution in [1.29, 1.82) is 0 Å². The highest BCUT2D eigenvalue weighted by Crippen LogP contribution is 2.37. The van der Waals surface area contributed by atoms with Crippen LogP contribution in [0.2, 0.25) is 0 Å². The molecular formula is C13H24. The molecule has 1 aliphatic rings. The molecule has 0 fully saturated rings. The van der Waals surface area contributed by atoms with E-state index in [2.05, 4.69) is 34.6 Å². The van der Waals surface area contributed by atoms with Crippen molar-refractivity contribution in [2.24, 2.45) is 17.8 Å². The van der Waals surface area contributed by atoms with E-state index in [1.54, 1.807) is 11.1 Å². The summed E-state index contributed by atoms with van der Waals surface area (Å²) in [7, 11) is 0. The topological polar surface area (TPSA) is 0 Å². The fraction of sp³-hybridized carbons (Fsp3) is 0.846. The Kier molecular flexibility index (Phi) is 3.58. The van der Waals surface area contributed by atoms with Crippen molar-refractivity contribution in [1.82, 2.24) is 0 Å². The zero-order chi connectivity index (χ0) is 10.0. The van der Waals surface area contributed by atoms with E-state index in [0.717, 1.165) is 17.8 Å². The van der Waals surface area contributed by atoms with Gasteiger partial charge in [0.1, 0.15) is 0 Å². The first-order chi connectivity index (χ1) is 6.06. The number of rotatable bonds is 2. The molecule has 1 rings (SSSR count). The van der Waals surface area contributed by atoms with Gasteiger partial charge in [0, 0.05) is 0 Å². The first-order valence-electron chi connectivity index (χ1n) is 5.72. The quantitative estimate of drug-likeness (QED) is 0.552. The van der Waals surface area contributed by atoms with Gasteiger partial charge in [-0.2, -0.15) is 0 Å². The lowest BCUT2D eigenvalue weighted by Gasteiger charge is -2.32. The molecule has 0 saturated carbocycles. The predicted octanol–water partition coefficient (Wildman–Crippen LogP) is 4.42. The molecule has 0 nitrogen and oxygen atoms in total. The molecule has 0 bridgehead atoms. The molecule has 0 unspecified atom stereocenters. The SMILES string of the molecule is CC[C@@H](C)[C@H]1CC(C)=C(C)[C@@H](C)C1. The molecule has 1 aliphatic carbocycles. The van der Waals surface area contributed by atoms with Gasteiger partial charge in [-0.1, -0.05) is 38.3 Å². The van der Waals surface area contributed by atoms with Gasteiger partial charge in [-0.3, -0.25) is 0 Å². The molecule has 0 radical (unpaired) electrons. The zero-order valence-electron chi connectivity index (χ0n) is 9.85. The number of hydrogen-bond donors (Lipinski definition) is 0. The first-order valence-corrected chi connectivity index (χ1v) is 5.72. The minimum absolute atomic E-state index is 0.827. The van der Waals surface area contributed by atoms with E-state index in [1.807, 2.05) is 0 Å². The van der Waals surface area contributed by atoms with Gasteiger partial charge < -0.3 is 0 Å². The van der Waals surface area contributed by atoms with Crippen molar-refractivity contribution in [2.75, 3.05) is 0 Å². The summed E-state index contributed by atoms with van der Waals surface area (Å²) in [6.07, 6.45) is 4.10. The third-order valence-electron chi connectivity index (χ3n) is 4.09. The van der Waals surface area contributed by atoms with E-state index >= 15 is 0 Å². The van der Waals surface area contributed by atoms with Gasteiger partial charge in [-0.15, -0.1) is 0 Å². The van der Waals surface area contributed by atoms with Crippen LogP contribution in [0.3, 0.4) is 0 Å². The Morgan fingerprint density at radius 3 is 2.46 bits per heavy atom. The van der Waals surface area contributed by atoms with Crippen LogP contribution in [0.15, 0.2) is 11.1 Å². The van der Waals surface area contributed by atoms with Gasteiger partial charge in [-0.25, -0.2) is 0 Å². The monoisotopic (exact) mass is 180 g/mol. The second-order valence-electron chi connectivity index (χ2n) is 4.95. The average Bonchev–Trinajstić information content (AvgIpc) is 2.12. The predicted molar refractivity (Wildman–Crippen MR) is 59.7 cm³/mol. The first kappa shape index (κ1) is 10.8. The van der Waals surface area contributed by atoms with Gasteiger partial charge in [0.05, 0.1) is 0 Å². The van der Waals surface area contributed by atoms with Crippen LogP contribution in [0.25, 0.3) is 0 Å². The summed E-state index contributed by atoms with van der Waals surface area (Å²) >= 11 is 0. The van der Waals surface area contributed by atoms with Gasteiger partial charge in [-0.05, 0) is 44.4 Å². The third kappa shape index (κ3) is 2.36. The highest BCUT2D eigenvalue weighted by molar-refractivity contribution is 5.16. The summed E-state index contributed by atoms with van der Waals surface area (Å²) in [6, 6.07) is 0. The van der Waals surface area contributed by atoms with Crippen LogP contribution < -0.4 is 0 Å². The maximum atomic E-state index is 2.41. The largest absolute Gasteiger partial charge is 0.0738 e. The molecule has 0 spiro atoms. The lowest BCUT2D eigenvalue weighted by Crippen LogP contribution is -2.20. The van der Waals surface area contributed by atoms with Crippen molar-refractivity contribution < 1.29 is 0 Å². The molecule has 0 N–H and O–H groups in total. The van der Waals surface area contributed by atoms with Crippen LogP contribution in [0.5, 0.6) is 0 Å². The Hall–Kier alpha value is -0.260. The fourth-order valence-corrected chi connectivity index (χ4v) is 2.46. The standard InChI is InChI=1S/C13H24/c1-6-9(2)13-7-10(3)12(5)11(4)8-13/h9-10,13H,6-8H2,1-5H3/t9-,10+,13-/m1/s1. The van der Waals surface area contributed by atoms with Gasteiger partial charge >= 0.3 is 0 Å². The Morgan fingerprint density at radius 1 is 1.38 bits per heavy atom. The summed E-state index contributed by atoms with van der Waals surface area (Å²) < 4.78 is 0. The van der Waals surface area contributed by atoms with E-state index in [-0.39, 0.29) is 0 Å². The Labute approximate surface area is 83.4 Å². The second kappa shape index (κ2) is 4.30. The van der Waals surface area contributed by atoms with E-state index < -0.39 is 0 Å². The molecular weight excluding hydrogens is 156 g/mol. The van der Waals surface area contributed by atoms with Gasteiger partial charge in [0.25, 0.3) is 0 Å². The van der Waals surface area contributed by atoms with Crippen molar-refractivity contribution in [3.8, 4) is 0 Å².